The first-order chi connectivity index (χ1) is 22.2. The zero-order valence-electron chi connectivity index (χ0n) is 26.7. The summed E-state index contributed by atoms with van der Waals surface area (Å²) in [6.45, 7) is 5.83. The van der Waals surface area contributed by atoms with Crippen molar-refractivity contribution in [2.24, 2.45) is 0 Å². The summed E-state index contributed by atoms with van der Waals surface area (Å²) in [5.41, 5.74) is 5.04. The number of hydrogen-bond donors (Lipinski definition) is 3. The van der Waals surface area contributed by atoms with E-state index < -0.39 is 12.2 Å². The Morgan fingerprint density at radius 1 is 0.826 bits per heavy atom. The van der Waals surface area contributed by atoms with Gasteiger partial charge in [-0.05, 0) is 85.5 Å². The van der Waals surface area contributed by atoms with E-state index in [0.29, 0.717) is 17.8 Å². The highest BCUT2D eigenvalue weighted by atomic mass is 19.1. The van der Waals surface area contributed by atoms with Crippen molar-refractivity contribution in [2.75, 3.05) is 18.4 Å². The lowest BCUT2D eigenvalue weighted by Gasteiger charge is -2.28. The van der Waals surface area contributed by atoms with Crippen molar-refractivity contribution in [1.29, 1.82) is 0 Å². The molecule has 0 spiro atoms. The summed E-state index contributed by atoms with van der Waals surface area (Å²) < 4.78 is 16.2. The zero-order valence-corrected chi connectivity index (χ0v) is 26.7. The number of rotatable bonds is 12. The van der Waals surface area contributed by atoms with Crippen molar-refractivity contribution in [2.45, 2.75) is 77.0 Å². The molecule has 1 aromatic heterocycles. The van der Waals surface area contributed by atoms with Gasteiger partial charge in [0.25, 0.3) is 5.91 Å². The highest BCUT2D eigenvalue weighted by Gasteiger charge is 2.31. The molecule has 0 aliphatic carbocycles. The lowest BCUT2D eigenvalue weighted by Crippen LogP contribution is -2.37. The zero-order chi connectivity index (χ0) is 32.6. The van der Waals surface area contributed by atoms with Crippen LogP contribution in [0.25, 0.3) is 22.4 Å². The number of anilines is 1. The second kappa shape index (κ2) is 15.3. The third kappa shape index (κ3) is 7.92. The molecule has 8 heteroatoms. The van der Waals surface area contributed by atoms with Crippen LogP contribution in [-0.4, -0.2) is 56.8 Å². The molecule has 242 valence electrons. The predicted octanol–water partition coefficient (Wildman–Crippen LogP) is 7.24. The van der Waals surface area contributed by atoms with Gasteiger partial charge in [0, 0.05) is 36.6 Å². The molecular formula is C38H44FN3O4. The van der Waals surface area contributed by atoms with Gasteiger partial charge >= 0.3 is 0 Å². The van der Waals surface area contributed by atoms with Gasteiger partial charge in [0.15, 0.2) is 0 Å². The fourth-order valence-corrected chi connectivity index (χ4v) is 6.48. The van der Waals surface area contributed by atoms with Crippen molar-refractivity contribution >= 4 is 17.5 Å². The van der Waals surface area contributed by atoms with Crippen molar-refractivity contribution < 1.29 is 24.2 Å². The standard InChI is InChI=1S/C38H44FN3O4/c1-26(2)36-35(38(46)40-30-14-8-4-9-15-30)34(27-12-6-3-7-13-27)37(28-16-18-29(39)19-17-28)42(36)23-20-31(43)24-32(44)25-33(45)41-21-10-5-11-22-41/h3-4,6-9,12-19,26,31-32,43-44H,5,10-11,20-25H2,1-2H3,(H,40,46)/t31-,32-/m1/s1. The fourth-order valence-electron chi connectivity index (χ4n) is 6.48. The Hall–Kier alpha value is -4.27. The maximum atomic E-state index is 14.2. The molecule has 2 amide bonds. The Labute approximate surface area is 270 Å². The van der Waals surface area contributed by atoms with Gasteiger partial charge in [0.2, 0.25) is 5.91 Å². The van der Waals surface area contributed by atoms with Crippen LogP contribution in [0.1, 0.15) is 74.3 Å². The largest absolute Gasteiger partial charge is 0.393 e. The number of piperidine rings is 1. The van der Waals surface area contributed by atoms with E-state index in [1.807, 2.05) is 74.5 Å². The number of carbonyl (C=O) groups is 2. The SMILES string of the molecule is CC(C)c1c(C(=O)Nc2ccccc2)c(-c2ccccc2)c(-c2ccc(F)cc2)n1CC[C@@H](O)C[C@@H](O)CC(=O)N1CCCCC1. The molecule has 0 radical (unpaired) electrons. The van der Waals surface area contributed by atoms with E-state index >= 15 is 0 Å². The molecule has 2 heterocycles. The average Bonchev–Trinajstić information content (AvgIpc) is 3.41. The lowest BCUT2D eigenvalue weighted by atomic mass is 9.94. The van der Waals surface area contributed by atoms with Crippen LogP contribution >= 0.6 is 0 Å². The molecule has 46 heavy (non-hydrogen) atoms. The van der Waals surface area contributed by atoms with E-state index in [-0.39, 0.29) is 42.8 Å². The molecule has 4 aromatic rings. The Morgan fingerprint density at radius 3 is 2.09 bits per heavy atom. The topological polar surface area (TPSA) is 94.8 Å². The van der Waals surface area contributed by atoms with Crippen molar-refractivity contribution in [3.05, 3.63) is 102 Å². The van der Waals surface area contributed by atoms with Crippen molar-refractivity contribution in [1.82, 2.24) is 9.47 Å². The van der Waals surface area contributed by atoms with Crippen LogP contribution in [0.5, 0.6) is 0 Å². The minimum absolute atomic E-state index is 0.0133. The summed E-state index contributed by atoms with van der Waals surface area (Å²) in [5, 5.41) is 24.9. The number of likely N-dealkylation sites (tertiary alicyclic amines) is 1. The molecule has 0 unspecified atom stereocenters. The van der Waals surface area contributed by atoms with Crippen LogP contribution in [0.3, 0.4) is 0 Å². The monoisotopic (exact) mass is 625 g/mol. The molecule has 1 saturated heterocycles. The Bertz CT molecular complexity index is 1600. The van der Waals surface area contributed by atoms with E-state index in [9.17, 15) is 24.2 Å². The van der Waals surface area contributed by atoms with Crippen LogP contribution in [0.15, 0.2) is 84.9 Å². The average molecular weight is 626 g/mol. The summed E-state index contributed by atoms with van der Waals surface area (Å²) >= 11 is 0. The first kappa shape index (κ1) is 33.1. The summed E-state index contributed by atoms with van der Waals surface area (Å²) in [5.74, 6) is -0.786. The fraction of sp³-hybridized carbons (Fsp3) is 0.368. The van der Waals surface area contributed by atoms with E-state index in [4.69, 9.17) is 0 Å². The van der Waals surface area contributed by atoms with Gasteiger partial charge in [-0.2, -0.15) is 0 Å². The normalized spacial score (nSPS) is 14.7. The molecule has 3 N–H and O–H groups in total. The number of amides is 2. The van der Waals surface area contributed by atoms with Gasteiger partial charge in [0.05, 0.1) is 29.9 Å². The van der Waals surface area contributed by atoms with Crippen molar-refractivity contribution in [3.63, 3.8) is 0 Å². The molecule has 7 nitrogen and oxygen atoms in total. The maximum absolute atomic E-state index is 14.2. The number of hydrogen-bond acceptors (Lipinski definition) is 4. The van der Waals surface area contributed by atoms with E-state index in [2.05, 4.69) is 9.88 Å². The van der Waals surface area contributed by atoms with E-state index in [1.54, 1.807) is 17.0 Å². The molecule has 3 aromatic carbocycles. The van der Waals surface area contributed by atoms with E-state index in [0.717, 1.165) is 60.4 Å². The van der Waals surface area contributed by atoms with Gasteiger partial charge in [-0.25, -0.2) is 4.39 Å². The number of benzene rings is 3. The first-order valence-corrected chi connectivity index (χ1v) is 16.3. The van der Waals surface area contributed by atoms with Crippen molar-refractivity contribution in [3.8, 4) is 22.4 Å². The van der Waals surface area contributed by atoms with Gasteiger partial charge in [-0.3, -0.25) is 9.59 Å². The molecular weight excluding hydrogens is 581 g/mol. The summed E-state index contributed by atoms with van der Waals surface area (Å²) in [6.07, 6.45) is 1.57. The number of aliphatic hydroxyl groups excluding tert-OH is 2. The molecule has 1 fully saturated rings. The summed E-state index contributed by atoms with van der Waals surface area (Å²) in [6, 6.07) is 25.2. The second-order valence-electron chi connectivity index (χ2n) is 12.5. The Kier molecular flexibility index (Phi) is 11.0. The van der Waals surface area contributed by atoms with Gasteiger partial charge in [0.1, 0.15) is 5.82 Å². The predicted molar refractivity (Wildman–Crippen MR) is 180 cm³/mol. The molecule has 0 saturated carbocycles. The second-order valence-corrected chi connectivity index (χ2v) is 12.5. The summed E-state index contributed by atoms with van der Waals surface area (Å²) in [7, 11) is 0. The van der Waals surface area contributed by atoms with Crippen LogP contribution in [0.2, 0.25) is 0 Å². The van der Waals surface area contributed by atoms with Gasteiger partial charge in [-0.1, -0.05) is 62.4 Å². The van der Waals surface area contributed by atoms with Crippen LogP contribution < -0.4 is 5.32 Å². The number of nitrogens with zero attached hydrogens (tertiary/aromatic N) is 2. The molecule has 2 atom stereocenters. The van der Waals surface area contributed by atoms with Crippen LogP contribution in [-0.2, 0) is 11.3 Å². The van der Waals surface area contributed by atoms with Gasteiger partial charge < -0.3 is 25.0 Å². The lowest BCUT2D eigenvalue weighted by molar-refractivity contribution is -0.134. The number of nitrogens with one attached hydrogen (secondary N) is 1. The Morgan fingerprint density at radius 2 is 1.46 bits per heavy atom. The minimum atomic E-state index is -0.956. The highest BCUT2D eigenvalue weighted by Crippen LogP contribution is 2.42. The Balaban J connectivity index is 1.51. The van der Waals surface area contributed by atoms with Crippen LogP contribution in [0, 0.1) is 5.82 Å². The molecule has 5 rings (SSSR count). The number of para-hydroxylation sites is 1. The number of halogens is 1. The smallest absolute Gasteiger partial charge is 0.258 e. The third-order valence-electron chi connectivity index (χ3n) is 8.64. The molecule has 1 aliphatic rings. The minimum Gasteiger partial charge on any atom is -0.393 e. The quantitative estimate of drug-likeness (QED) is 0.155. The molecule has 0 bridgehead atoms. The highest BCUT2D eigenvalue weighted by molar-refractivity contribution is 6.12. The summed E-state index contributed by atoms with van der Waals surface area (Å²) in [4.78, 5) is 28.7. The van der Waals surface area contributed by atoms with Crippen LogP contribution in [0.4, 0.5) is 10.1 Å². The maximum Gasteiger partial charge on any atom is 0.258 e. The number of aliphatic hydroxyl groups is 2. The third-order valence-corrected chi connectivity index (χ3v) is 8.64. The van der Waals surface area contributed by atoms with E-state index in [1.165, 1.54) is 12.1 Å². The number of aromatic nitrogens is 1. The van der Waals surface area contributed by atoms with Gasteiger partial charge in [-0.15, -0.1) is 0 Å². The molecule has 1 aliphatic heterocycles. The number of carbonyl (C=O) groups excluding carboxylic acids is 2. The first-order valence-electron chi connectivity index (χ1n) is 16.3.